The summed E-state index contributed by atoms with van der Waals surface area (Å²) in [6.07, 6.45) is 3.45. The van der Waals surface area contributed by atoms with E-state index in [9.17, 15) is 4.79 Å². The van der Waals surface area contributed by atoms with Crippen molar-refractivity contribution >= 4 is 5.97 Å². The van der Waals surface area contributed by atoms with Crippen molar-refractivity contribution in [2.24, 2.45) is 0 Å². The minimum absolute atomic E-state index is 0.325. The summed E-state index contributed by atoms with van der Waals surface area (Å²) in [5.74, 6) is -0.684. The van der Waals surface area contributed by atoms with Gasteiger partial charge in [0.2, 0.25) is 0 Å². The predicted octanol–water partition coefficient (Wildman–Crippen LogP) is 0.628. The topological polar surface area (TPSA) is 43.8 Å². The van der Waals surface area contributed by atoms with Crippen molar-refractivity contribution in [1.29, 1.82) is 0 Å². The molecule has 4 nitrogen and oxygen atoms in total. The Hall–Kier alpha value is -0.610. The molecule has 0 saturated carbocycles. The zero-order valence-corrected chi connectivity index (χ0v) is 9.52. The van der Waals surface area contributed by atoms with Crippen LogP contribution in [-0.4, -0.2) is 59.1 Å². The first-order valence-electron chi connectivity index (χ1n) is 5.78. The lowest BCUT2D eigenvalue weighted by Crippen LogP contribution is -2.47. The fourth-order valence-electron chi connectivity index (χ4n) is 3.04. The highest BCUT2D eigenvalue weighted by Crippen LogP contribution is 2.31. The molecule has 0 radical (unpaired) electrons. The van der Waals surface area contributed by atoms with Crippen molar-refractivity contribution in [2.75, 3.05) is 20.1 Å². The smallest absolute Gasteiger partial charge is 0.320 e. The van der Waals surface area contributed by atoms with Gasteiger partial charge in [0, 0.05) is 18.6 Å². The molecule has 3 unspecified atom stereocenters. The number of nitrogens with zero attached hydrogens (tertiary/aromatic N) is 2. The van der Waals surface area contributed by atoms with Crippen LogP contribution in [-0.2, 0) is 4.79 Å². The summed E-state index contributed by atoms with van der Waals surface area (Å²) in [6.45, 7) is 3.94. The molecule has 0 aromatic heterocycles. The van der Waals surface area contributed by atoms with E-state index in [4.69, 9.17) is 5.11 Å². The van der Waals surface area contributed by atoms with Gasteiger partial charge in [0.25, 0.3) is 0 Å². The molecule has 2 heterocycles. The second kappa shape index (κ2) is 4.10. The predicted molar refractivity (Wildman–Crippen MR) is 57.9 cm³/mol. The number of hydrogen-bond donors (Lipinski definition) is 1. The summed E-state index contributed by atoms with van der Waals surface area (Å²) < 4.78 is 0. The molecule has 2 rings (SSSR count). The highest BCUT2D eigenvalue weighted by atomic mass is 16.4. The fourth-order valence-corrected chi connectivity index (χ4v) is 3.04. The maximum atomic E-state index is 11.1. The molecule has 2 aliphatic rings. The third-order valence-electron chi connectivity index (χ3n) is 3.85. The molecule has 3 atom stereocenters. The zero-order chi connectivity index (χ0) is 11.0. The quantitative estimate of drug-likeness (QED) is 0.729. The lowest BCUT2D eigenvalue weighted by atomic mass is 10.1. The average Bonchev–Trinajstić information content (AvgIpc) is 2.47. The van der Waals surface area contributed by atoms with E-state index >= 15 is 0 Å². The minimum Gasteiger partial charge on any atom is -0.480 e. The summed E-state index contributed by atoms with van der Waals surface area (Å²) >= 11 is 0. The van der Waals surface area contributed by atoms with Crippen LogP contribution in [0.4, 0.5) is 0 Å². The first-order valence-corrected chi connectivity index (χ1v) is 5.78. The second-order valence-corrected chi connectivity index (χ2v) is 4.90. The van der Waals surface area contributed by atoms with Gasteiger partial charge < -0.3 is 10.0 Å². The average molecular weight is 212 g/mol. The summed E-state index contributed by atoms with van der Waals surface area (Å²) in [7, 11) is 2.13. The molecule has 0 aromatic carbocycles. The van der Waals surface area contributed by atoms with Crippen LogP contribution < -0.4 is 0 Å². The zero-order valence-electron chi connectivity index (χ0n) is 9.52. The normalized spacial score (nSPS) is 35.1. The molecule has 0 amide bonds. The summed E-state index contributed by atoms with van der Waals surface area (Å²) in [5, 5.41) is 9.10. The molecule has 2 fully saturated rings. The van der Waals surface area contributed by atoms with Crippen molar-refractivity contribution in [3.63, 3.8) is 0 Å². The lowest BCUT2D eigenvalue weighted by Gasteiger charge is -2.31. The third kappa shape index (κ3) is 2.01. The van der Waals surface area contributed by atoms with Crippen LogP contribution >= 0.6 is 0 Å². The Balaban J connectivity index is 2.13. The van der Waals surface area contributed by atoms with Crippen LogP contribution in [0, 0.1) is 0 Å². The monoisotopic (exact) mass is 212 g/mol. The van der Waals surface area contributed by atoms with Gasteiger partial charge in [-0.15, -0.1) is 0 Å². The number of rotatable bonds is 2. The van der Waals surface area contributed by atoms with E-state index in [1.54, 1.807) is 0 Å². The van der Waals surface area contributed by atoms with Crippen LogP contribution in [0.1, 0.15) is 26.2 Å². The third-order valence-corrected chi connectivity index (χ3v) is 3.85. The number of likely N-dealkylation sites (tertiary alicyclic amines) is 1. The van der Waals surface area contributed by atoms with Crippen molar-refractivity contribution in [3.8, 4) is 0 Å². The standard InChI is InChI=1S/C11H20N2O2/c1-8(11(14)15)13-9-3-4-10(13)7-12(2)6-5-9/h8-10H,3-7H2,1-2H3,(H,14,15). The second-order valence-electron chi connectivity index (χ2n) is 4.90. The molecule has 2 saturated heterocycles. The molecule has 86 valence electrons. The van der Waals surface area contributed by atoms with Gasteiger partial charge in [0.05, 0.1) is 0 Å². The van der Waals surface area contributed by atoms with Gasteiger partial charge in [0.15, 0.2) is 0 Å². The van der Waals surface area contributed by atoms with Crippen LogP contribution in [0.2, 0.25) is 0 Å². The van der Waals surface area contributed by atoms with Gasteiger partial charge in [-0.1, -0.05) is 0 Å². The van der Waals surface area contributed by atoms with E-state index < -0.39 is 5.97 Å². The molecular formula is C11H20N2O2. The number of hydrogen-bond acceptors (Lipinski definition) is 3. The van der Waals surface area contributed by atoms with Crippen LogP contribution in [0.3, 0.4) is 0 Å². The lowest BCUT2D eigenvalue weighted by molar-refractivity contribution is -0.143. The molecule has 4 heteroatoms. The number of carboxylic acids is 1. The fraction of sp³-hybridized carbons (Fsp3) is 0.909. The first kappa shape index (κ1) is 10.9. The van der Waals surface area contributed by atoms with Crippen molar-refractivity contribution in [3.05, 3.63) is 0 Å². The first-order chi connectivity index (χ1) is 7.09. The Bertz CT molecular complexity index is 257. The molecule has 0 aromatic rings. The molecular weight excluding hydrogens is 192 g/mol. The van der Waals surface area contributed by atoms with Crippen molar-refractivity contribution in [2.45, 2.75) is 44.3 Å². The number of carbonyl (C=O) groups is 1. The van der Waals surface area contributed by atoms with Crippen molar-refractivity contribution < 1.29 is 9.90 Å². The van der Waals surface area contributed by atoms with Gasteiger partial charge >= 0.3 is 5.97 Å². The number of carboxylic acid groups (broad SMARTS) is 1. The van der Waals surface area contributed by atoms with E-state index in [0.717, 1.165) is 25.9 Å². The maximum Gasteiger partial charge on any atom is 0.320 e. The largest absolute Gasteiger partial charge is 0.480 e. The van der Waals surface area contributed by atoms with Crippen LogP contribution in [0.25, 0.3) is 0 Å². The molecule has 2 aliphatic heterocycles. The highest BCUT2D eigenvalue weighted by Gasteiger charge is 2.40. The van der Waals surface area contributed by atoms with Gasteiger partial charge in [-0.2, -0.15) is 0 Å². The Morgan fingerprint density at radius 3 is 2.67 bits per heavy atom. The number of aliphatic carboxylic acids is 1. The van der Waals surface area contributed by atoms with Crippen molar-refractivity contribution in [1.82, 2.24) is 9.80 Å². The van der Waals surface area contributed by atoms with E-state index in [1.807, 2.05) is 6.92 Å². The molecule has 2 bridgehead atoms. The molecule has 15 heavy (non-hydrogen) atoms. The number of likely N-dealkylation sites (N-methyl/N-ethyl adjacent to an activating group) is 1. The minimum atomic E-state index is -0.684. The molecule has 0 aliphatic carbocycles. The maximum absolute atomic E-state index is 11.1. The van der Waals surface area contributed by atoms with E-state index in [0.29, 0.717) is 12.1 Å². The van der Waals surface area contributed by atoms with E-state index in [-0.39, 0.29) is 6.04 Å². The summed E-state index contributed by atoms with van der Waals surface area (Å²) in [6, 6.07) is 0.619. The van der Waals surface area contributed by atoms with E-state index in [2.05, 4.69) is 16.8 Å². The Kier molecular flexibility index (Phi) is 2.98. The van der Waals surface area contributed by atoms with Crippen LogP contribution in [0.5, 0.6) is 0 Å². The van der Waals surface area contributed by atoms with Gasteiger partial charge in [-0.3, -0.25) is 9.69 Å². The van der Waals surface area contributed by atoms with Crippen LogP contribution in [0.15, 0.2) is 0 Å². The SMILES string of the molecule is CC(C(=O)O)N1C2CCC1CN(C)CC2. The van der Waals surface area contributed by atoms with Gasteiger partial charge in [0.1, 0.15) is 6.04 Å². The summed E-state index contributed by atoms with van der Waals surface area (Å²) in [5.41, 5.74) is 0. The Labute approximate surface area is 90.9 Å². The molecule has 0 spiro atoms. The Morgan fingerprint density at radius 1 is 1.33 bits per heavy atom. The van der Waals surface area contributed by atoms with Gasteiger partial charge in [-0.05, 0) is 39.8 Å². The summed E-state index contributed by atoms with van der Waals surface area (Å²) in [4.78, 5) is 15.6. The van der Waals surface area contributed by atoms with E-state index in [1.165, 1.54) is 6.42 Å². The van der Waals surface area contributed by atoms with Gasteiger partial charge in [-0.25, -0.2) is 0 Å². The molecule has 1 N–H and O–H groups in total. The highest BCUT2D eigenvalue weighted by molar-refractivity contribution is 5.73. The Morgan fingerprint density at radius 2 is 2.00 bits per heavy atom. The number of fused-ring (bicyclic) bond motifs is 2.